The first-order valence-corrected chi connectivity index (χ1v) is 7.23. The summed E-state index contributed by atoms with van der Waals surface area (Å²) in [5, 5.41) is 7.27. The summed E-state index contributed by atoms with van der Waals surface area (Å²) in [7, 11) is 1.95. The third-order valence-electron chi connectivity index (χ3n) is 3.08. The Hall–Kier alpha value is -1.20. The van der Waals surface area contributed by atoms with Gasteiger partial charge in [-0.05, 0) is 31.2 Å². The van der Waals surface area contributed by atoms with E-state index >= 15 is 0 Å². The average Bonchev–Trinajstić information content (AvgIpc) is 2.83. The van der Waals surface area contributed by atoms with E-state index in [1.165, 1.54) is 5.56 Å². The Morgan fingerprint density at radius 3 is 2.95 bits per heavy atom. The van der Waals surface area contributed by atoms with Crippen LogP contribution in [0.15, 0.2) is 33.3 Å². The Morgan fingerprint density at radius 2 is 2.26 bits per heavy atom. The second-order valence-electron chi connectivity index (χ2n) is 4.51. The summed E-state index contributed by atoms with van der Waals surface area (Å²) in [6, 6.07) is 8.53. The fourth-order valence-electron chi connectivity index (χ4n) is 1.94. The average molecular weight is 324 g/mol. The topological polar surface area (TPSA) is 51.0 Å². The van der Waals surface area contributed by atoms with E-state index in [2.05, 4.69) is 50.4 Å². The van der Waals surface area contributed by atoms with Crippen LogP contribution in [0.4, 0.5) is 0 Å². The lowest BCUT2D eigenvalue weighted by Gasteiger charge is -2.09. The van der Waals surface area contributed by atoms with Gasteiger partial charge >= 0.3 is 0 Å². The Kier molecular flexibility index (Phi) is 5.10. The van der Waals surface area contributed by atoms with Crippen molar-refractivity contribution in [1.82, 2.24) is 15.5 Å². The number of rotatable bonds is 6. The first-order valence-electron chi connectivity index (χ1n) is 6.44. The summed E-state index contributed by atoms with van der Waals surface area (Å²) in [6.07, 6.45) is 2.51. The van der Waals surface area contributed by atoms with Crippen molar-refractivity contribution in [3.8, 4) is 0 Å². The molecule has 1 aromatic heterocycles. The second-order valence-corrected chi connectivity index (χ2v) is 5.42. The second kappa shape index (κ2) is 6.82. The van der Waals surface area contributed by atoms with Crippen molar-refractivity contribution in [2.75, 3.05) is 7.05 Å². The minimum Gasteiger partial charge on any atom is -0.339 e. The van der Waals surface area contributed by atoms with Gasteiger partial charge in [-0.3, -0.25) is 0 Å². The number of halogens is 1. The van der Waals surface area contributed by atoms with Crippen molar-refractivity contribution < 1.29 is 4.52 Å². The Labute approximate surface area is 121 Å². The molecule has 0 amide bonds. The zero-order chi connectivity index (χ0) is 13.7. The van der Waals surface area contributed by atoms with Gasteiger partial charge in [0.15, 0.2) is 5.82 Å². The Bertz CT molecular complexity index is 523. The molecule has 4 nitrogen and oxygen atoms in total. The molecule has 0 spiro atoms. The Balaban J connectivity index is 2.01. The Morgan fingerprint density at radius 1 is 1.42 bits per heavy atom. The van der Waals surface area contributed by atoms with Crippen molar-refractivity contribution in [3.05, 3.63) is 46.0 Å². The number of hydrogen-bond acceptors (Lipinski definition) is 4. The molecular weight excluding hydrogens is 306 g/mol. The van der Waals surface area contributed by atoms with Gasteiger partial charge in [-0.2, -0.15) is 4.98 Å². The van der Waals surface area contributed by atoms with Gasteiger partial charge in [-0.15, -0.1) is 0 Å². The van der Waals surface area contributed by atoms with Crippen LogP contribution >= 0.6 is 15.9 Å². The fraction of sp³-hybridized carbons (Fsp3) is 0.429. The van der Waals surface area contributed by atoms with E-state index in [1.807, 2.05) is 19.2 Å². The van der Waals surface area contributed by atoms with E-state index in [1.54, 1.807) is 0 Å². The first kappa shape index (κ1) is 14.2. The molecule has 0 aliphatic heterocycles. The zero-order valence-electron chi connectivity index (χ0n) is 11.2. The maximum atomic E-state index is 5.29. The van der Waals surface area contributed by atoms with Gasteiger partial charge < -0.3 is 9.84 Å². The third-order valence-corrected chi connectivity index (χ3v) is 3.58. The molecule has 0 bridgehead atoms. The van der Waals surface area contributed by atoms with E-state index in [0.29, 0.717) is 18.4 Å². The van der Waals surface area contributed by atoms with Crippen LogP contribution in [0.25, 0.3) is 0 Å². The molecule has 2 rings (SSSR count). The van der Waals surface area contributed by atoms with E-state index in [-0.39, 0.29) is 0 Å². The number of likely N-dealkylation sites (N-methyl/N-ethyl adjacent to an activating group) is 1. The molecule has 1 atom stereocenters. The van der Waals surface area contributed by atoms with Crippen molar-refractivity contribution in [1.29, 1.82) is 0 Å². The van der Waals surface area contributed by atoms with Crippen LogP contribution in [-0.2, 0) is 12.8 Å². The van der Waals surface area contributed by atoms with E-state index in [4.69, 9.17) is 4.52 Å². The summed E-state index contributed by atoms with van der Waals surface area (Å²) >= 11 is 3.46. The number of aromatic nitrogens is 2. The maximum Gasteiger partial charge on any atom is 0.228 e. The highest BCUT2D eigenvalue weighted by Gasteiger charge is 2.12. The molecule has 1 heterocycles. The highest BCUT2D eigenvalue weighted by Crippen LogP contribution is 2.14. The third kappa shape index (κ3) is 4.14. The SMILES string of the molecule is CCC(Cc1nc(Cc2cccc(Br)c2)no1)NC. The smallest absolute Gasteiger partial charge is 0.228 e. The summed E-state index contributed by atoms with van der Waals surface area (Å²) in [6.45, 7) is 2.14. The zero-order valence-corrected chi connectivity index (χ0v) is 12.8. The maximum absolute atomic E-state index is 5.29. The lowest BCUT2D eigenvalue weighted by molar-refractivity contribution is 0.355. The van der Waals surface area contributed by atoms with E-state index in [9.17, 15) is 0 Å². The normalized spacial score (nSPS) is 12.6. The molecule has 5 heteroatoms. The summed E-state index contributed by atoms with van der Waals surface area (Å²) in [5.74, 6) is 1.44. The first-order chi connectivity index (χ1) is 9.21. The van der Waals surface area contributed by atoms with Gasteiger partial charge in [-0.25, -0.2) is 0 Å². The molecule has 19 heavy (non-hydrogen) atoms. The summed E-state index contributed by atoms with van der Waals surface area (Å²) in [5.41, 5.74) is 1.17. The van der Waals surface area contributed by atoms with E-state index in [0.717, 1.165) is 23.1 Å². The molecule has 1 unspecified atom stereocenters. The molecule has 1 N–H and O–H groups in total. The molecule has 2 aromatic rings. The van der Waals surface area contributed by atoms with Crippen LogP contribution in [0.2, 0.25) is 0 Å². The molecule has 0 aliphatic rings. The van der Waals surface area contributed by atoms with Gasteiger partial charge in [0.05, 0.1) is 0 Å². The molecule has 0 saturated carbocycles. The number of nitrogens with zero attached hydrogens (tertiary/aromatic N) is 2. The highest BCUT2D eigenvalue weighted by atomic mass is 79.9. The minimum atomic E-state index is 0.388. The van der Waals surface area contributed by atoms with Crippen LogP contribution in [0.1, 0.15) is 30.6 Å². The quantitative estimate of drug-likeness (QED) is 0.888. The van der Waals surface area contributed by atoms with Gasteiger partial charge in [-0.1, -0.05) is 40.1 Å². The molecule has 0 radical (unpaired) electrons. The van der Waals surface area contributed by atoms with Gasteiger partial charge in [0.1, 0.15) is 0 Å². The van der Waals surface area contributed by atoms with Crippen molar-refractivity contribution in [2.24, 2.45) is 0 Å². The summed E-state index contributed by atoms with van der Waals surface area (Å²) in [4.78, 5) is 4.44. The molecule has 0 saturated heterocycles. The fourth-order valence-corrected chi connectivity index (χ4v) is 2.38. The highest BCUT2D eigenvalue weighted by molar-refractivity contribution is 9.10. The van der Waals surface area contributed by atoms with Crippen molar-refractivity contribution in [3.63, 3.8) is 0 Å². The molecule has 102 valence electrons. The van der Waals surface area contributed by atoms with Gasteiger partial charge in [0.2, 0.25) is 5.89 Å². The molecule has 0 fully saturated rings. The molecular formula is C14H18BrN3O. The van der Waals surface area contributed by atoms with Crippen LogP contribution in [0, 0.1) is 0 Å². The van der Waals surface area contributed by atoms with Crippen LogP contribution in [0.3, 0.4) is 0 Å². The van der Waals surface area contributed by atoms with Crippen LogP contribution in [0.5, 0.6) is 0 Å². The molecule has 0 aliphatic carbocycles. The van der Waals surface area contributed by atoms with Crippen molar-refractivity contribution >= 4 is 15.9 Å². The number of benzene rings is 1. The van der Waals surface area contributed by atoms with Crippen molar-refractivity contribution in [2.45, 2.75) is 32.2 Å². The van der Waals surface area contributed by atoms with Crippen LogP contribution < -0.4 is 5.32 Å². The lowest BCUT2D eigenvalue weighted by Crippen LogP contribution is -2.26. The number of hydrogen-bond donors (Lipinski definition) is 1. The summed E-state index contributed by atoms with van der Waals surface area (Å²) < 4.78 is 6.35. The van der Waals surface area contributed by atoms with Gasteiger partial charge in [0.25, 0.3) is 0 Å². The van der Waals surface area contributed by atoms with E-state index < -0.39 is 0 Å². The number of nitrogens with one attached hydrogen (secondary N) is 1. The largest absolute Gasteiger partial charge is 0.339 e. The standard InChI is InChI=1S/C14H18BrN3O/c1-3-12(16-2)9-14-17-13(18-19-14)8-10-5-4-6-11(15)7-10/h4-7,12,16H,3,8-9H2,1-2H3. The minimum absolute atomic E-state index is 0.388. The van der Waals surface area contributed by atoms with Gasteiger partial charge in [0, 0.05) is 23.4 Å². The predicted octanol–water partition coefficient (Wildman–Crippen LogP) is 2.96. The monoisotopic (exact) mass is 323 g/mol. The predicted molar refractivity (Wildman–Crippen MR) is 78.1 cm³/mol. The lowest BCUT2D eigenvalue weighted by atomic mass is 10.1. The van der Waals surface area contributed by atoms with Crippen LogP contribution in [-0.4, -0.2) is 23.2 Å². The molecule has 1 aromatic carbocycles.